The molecule has 0 amide bonds. The molecule has 2 saturated carbocycles. The zero-order chi connectivity index (χ0) is 20.2. The van der Waals surface area contributed by atoms with Gasteiger partial charge in [0.1, 0.15) is 5.69 Å². The van der Waals surface area contributed by atoms with E-state index in [1.54, 1.807) is 0 Å². The van der Waals surface area contributed by atoms with Crippen molar-refractivity contribution in [1.29, 1.82) is 5.26 Å². The summed E-state index contributed by atoms with van der Waals surface area (Å²) in [5.41, 5.74) is 2.74. The molecule has 0 radical (unpaired) electrons. The van der Waals surface area contributed by atoms with E-state index < -0.39 is 0 Å². The minimum atomic E-state index is -0.349. The molecule has 1 aromatic rings. The van der Waals surface area contributed by atoms with Gasteiger partial charge in [-0.15, -0.1) is 0 Å². The average molecular weight is 395 g/mol. The Hall–Kier alpha value is -2.06. The first-order chi connectivity index (χ1) is 14.0. The molecule has 1 saturated heterocycles. The van der Waals surface area contributed by atoms with Crippen LogP contribution in [0.25, 0.3) is 6.08 Å². The van der Waals surface area contributed by atoms with Gasteiger partial charge in [0.15, 0.2) is 0 Å². The Balaban J connectivity index is 1.43. The number of hydrogen-bond acceptors (Lipinski definition) is 4. The number of hydrogen-bond donors (Lipinski definition) is 0. The molecule has 0 aromatic carbocycles. The lowest BCUT2D eigenvalue weighted by Crippen LogP contribution is -2.32. The number of nitrogens with zero attached hydrogens (tertiary/aromatic N) is 2. The van der Waals surface area contributed by atoms with E-state index in [1.807, 2.05) is 13.0 Å². The molecule has 154 valence electrons. The van der Waals surface area contributed by atoms with E-state index in [0.717, 1.165) is 38.0 Å². The maximum Gasteiger partial charge on any atom is 0.354 e. The van der Waals surface area contributed by atoms with E-state index in [9.17, 15) is 10.1 Å². The number of carbonyl (C=O) groups excluding carboxylic acids is 1. The molecule has 1 unspecified atom stereocenters. The van der Waals surface area contributed by atoms with Gasteiger partial charge in [0, 0.05) is 18.8 Å². The van der Waals surface area contributed by atoms with Crippen LogP contribution in [0.1, 0.15) is 67.7 Å². The van der Waals surface area contributed by atoms with E-state index in [-0.39, 0.29) is 17.0 Å². The molecule has 29 heavy (non-hydrogen) atoms. The molecule has 0 bridgehead atoms. The molecular formula is C24H30N2O3. The van der Waals surface area contributed by atoms with Gasteiger partial charge in [-0.05, 0) is 80.9 Å². The summed E-state index contributed by atoms with van der Waals surface area (Å²) >= 11 is 0. The molecule has 5 nitrogen and oxygen atoms in total. The van der Waals surface area contributed by atoms with Crippen LogP contribution in [0.2, 0.25) is 0 Å². The standard InChI is InChI=1S/C24H30N2O3/c1-3-28-22(27)21-11-19-10-17(18-6-9-29-24(13-18)7-8-24)4-5-20(19)26(21)15-23(14-25)12-16(23)2/h4-5,11,16-18H,3,6-10,12-13,15H2,1-2H3/t16-,17?,18+,23-/m1/s1. The topological polar surface area (TPSA) is 64.2 Å². The first-order valence-electron chi connectivity index (χ1n) is 11.1. The van der Waals surface area contributed by atoms with Gasteiger partial charge in [-0.2, -0.15) is 5.26 Å². The summed E-state index contributed by atoms with van der Waals surface area (Å²) in [6, 6.07) is 4.53. The molecule has 1 aliphatic heterocycles. The summed E-state index contributed by atoms with van der Waals surface area (Å²) in [6.07, 6.45) is 11.1. The monoisotopic (exact) mass is 394 g/mol. The molecule has 4 aliphatic rings. The van der Waals surface area contributed by atoms with Crippen molar-refractivity contribution < 1.29 is 14.3 Å². The largest absolute Gasteiger partial charge is 0.461 e. The van der Waals surface area contributed by atoms with Gasteiger partial charge < -0.3 is 14.0 Å². The zero-order valence-electron chi connectivity index (χ0n) is 17.4. The quantitative estimate of drug-likeness (QED) is 0.696. The van der Waals surface area contributed by atoms with E-state index in [0.29, 0.717) is 36.6 Å². The smallest absolute Gasteiger partial charge is 0.354 e. The fraction of sp³-hybridized carbons (Fsp3) is 0.667. The second-order valence-corrected chi connectivity index (χ2v) is 9.63. The van der Waals surface area contributed by atoms with Crippen LogP contribution in [0, 0.1) is 34.5 Å². The van der Waals surface area contributed by atoms with E-state index >= 15 is 0 Å². The van der Waals surface area contributed by atoms with Crippen LogP contribution in [0.5, 0.6) is 0 Å². The Kier molecular flexibility index (Phi) is 4.40. The fourth-order valence-corrected chi connectivity index (χ4v) is 5.49. The maximum atomic E-state index is 12.7. The first kappa shape index (κ1) is 18.9. The Morgan fingerprint density at radius 3 is 2.86 bits per heavy atom. The second kappa shape index (κ2) is 6.74. The molecule has 3 fully saturated rings. The van der Waals surface area contributed by atoms with Gasteiger partial charge in [0.05, 0.1) is 23.7 Å². The van der Waals surface area contributed by atoms with Crippen molar-refractivity contribution in [2.45, 2.75) is 64.5 Å². The Morgan fingerprint density at radius 1 is 1.41 bits per heavy atom. The van der Waals surface area contributed by atoms with Crippen LogP contribution in [-0.4, -0.2) is 29.4 Å². The normalized spacial score (nSPS) is 33.8. The van der Waals surface area contributed by atoms with Crippen molar-refractivity contribution >= 4 is 12.0 Å². The summed E-state index contributed by atoms with van der Waals surface area (Å²) in [5.74, 6) is 1.24. The SMILES string of the molecule is CCOC(=O)c1cc2c(n1C[C@]1(C#N)C[C@H]1C)C=CC([C@H]1CCOC3(CC3)C1)C2. The predicted molar refractivity (Wildman–Crippen MR) is 109 cm³/mol. The summed E-state index contributed by atoms with van der Waals surface area (Å²) < 4.78 is 13.4. The van der Waals surface area contributed by atoms with Crippen molar-refractivity contribution in [2.24, 2.45) is 23.2 Å². The number of rotatable bonds is 5. The number of esters is 1. The minimum Gasteiger partial charge on any atom is -0.461 e. The maximum absolute atomic E-state index is 12.7. The number of nitriles is 1. The van der Waals surface area contributed by atoms with Crippen molar-refractivity contribution in [2.75, 3.05) is 13.2 Å². The van der Waals surface area contributed by atoms with Gasteiger partial charge >= 0.3 is 5.97 Å². The highest BCUT2D eigenvalue weighted by Crippen LogP contribution is 2.54. The van der Waals surface area contributed by atoms with E-state index in [1.165, 1.54) is 18.4 Å². The molecule has 5 heteroatoms. The number of allylic oxidation sites excluding steroid dienone is 1. The molecular weight excluding hydrogens is 364 g/mol. The minimum absolute atomic E-state index is 0.181. The predicted octanol–water partition coefficient (Wildman–Crippen LogP) is 4.36. The fourth-order valence-electron chi connectivity index (χ4n) is 5.49. The highest BCUT2D eigenvalue weighted by molar-refractivity contribution is 5.89. The Labute approximate surface area is 172 Å². The van der Waals surface area contributed by atoms with Gasteiger partial charge in [-0.3, -0.25) is 0 Å². The number of carbonyl (C=O) groups is 1. The van der Waals surface area contributed by atoms with Crippen molar-refractivity contribution in [3.05, 3.63) is 29.1 Å². The highest BCUT2D eigenvalue weighted by atomic mass is 16.5. The lowest BCUT2D eigenvalue weighted by atomic mass is 9.77. The molecule has 5 rings (SSSR count). The first-order valence-corrected chi connectivity index (χ1v) is 11.1. The number of fused-ring (bicyclic) bond motifs is 1. The summed E-state index contributed by atoms with van der Waals surface area (Å²) in [7, 11) is 0. The van der Waals surface area contributed by atoms with Crippen molar-refractivity contribution in [3.63, 3.8) is 0 Å². The highest BCUT2D eigenvalue weighted by Gasteiger charge is 2.53. The summed E-state index contributed by atoms with van der Waals surface area (Å²) in [5, 5.41) is 9.72. The number of ether oxygens (including phenoxy) is 2. The van der Waals surface area contributed by atoms with Crippen LogP contribution in [0.3, 0.4) is 0 Å². The third-order valence-electron chi connectivity index (χ3n) is 7.72. The molecule has 4 atom stereocenters. The summed E-state index contributed by atoms with van der Waals surface area (Å²) in [6.45, 7) is 5.76. The van der Waals surface area contributed by atoms with Crippen molar-refractivity contribution in [3.8, 4) is 6.07 Å². The molecule has 3 aliphatic carbocycles. The average Bonchev–Trinajstić information content (AvgIpc) is 3.58. The number of aromatic nitrogens is 1. The van der Waals surface area contributed by atoms with Gasteiger partial charge in [0.25, 0.3) is 0 Å². The Morgan fingerprint density at radius 2 is 2.21 bits per heavy atom. The van der Waals surface area contributed by atoms with Crippen molar-refractivity contribution in [1.82, 2.24) is 4.57 Å². The van der Waals surface area contributed by atoms with Gasteiger partial charge in [-0.1, -0.05) is 13.0 Å². The molecule has 1 spiro atoms. The van der Waals surface area contributed by atoms with Crippen LogP contribution < -0.4 is 0 Å². The second-order valence-electron chi connectivity index (χ2n) is 9.63. The molecule has 2 heterocycles. The third kappa shape index (κ3) is 3.22. The van der Waals surface area contributed by atoms with Gasteiger partial charge in [0.2, 0.25) is 0 Å². The van der Waals surface area contributed by atoms with Crippen LogP contribution in [0.4, 0.5) is 0 Å². The van der Waals surface area contributed by atoms with Crippen LogP contribution >= 0.6 is 0 Å². The summed E-state index contributed by atoms with van der Waals surface area (Å²) in [4.78, 5) is 12.7. The molecule has 0 N–H and O–H groups in total. The lowest BCUT2D eigenvalue weighted by Gasteiger charge is -2.35. The molecule has 1 aromatic heterocycles. The Bertz CT molecular complexity index is 904. The van der Waals surface area contributed by atoms with E-state index in [2.05, 4.69) is 29.7 Å². The third-order valence-corrected chi connectivity index (χ3v) is 7.72. The van der Waals surface area contributed by atoms with E-state index in [4.69, 9.17) is 9.47 Å². The van der Waals surface area contributed by atoms with Crippen LogP contribution in [0.15, 0.2) is 12.1 Å². The van der Waals surface area contributed by atoms with Gasteiger partial charge in [-0.25, -0.2) is 4.79 Å². The van der Waals surface area contributed by atoms with Crippen LogP contribution in [-0.2, 0) is 22.4 Å². The zero-order valence-corrected chi connectivity index (χ0v) is 17.4. The lowest BCUT2D eigenvalue weighted by molar-refractivity contribution is -0.0364.